The molecular weight excluding hydrogens is 304 g/mol. The van der Waals surface area contributed by atoms with Crippen LogP contribution in [0.5, 0.6) is 11.5 Å². The number of benzene rings is 2. The molecule has 128 valence electrons. The maximum atomic E-state index is 10.8. The van der Waals surface area contributed by atoms with Crippen molar-refractivity contribution in [2.24, 2.45) is 5.73 Å². The Bertz CT molecular complexity index is 694. The molecule has 0 radical (unpaired) electrons. The minimum Gasteiger partial charge on any atom is -0.493 e. The van der Waals surface area contributed by atoms with Crippen molar-refractivity contribution in [2.75, 3.05) is 13.7 Å². The van der Waals surface area contributed by atoms with Crippen LogP contribution in [0.3, 0.4) is 0 Å². The summed E-state index contributed by atoms with van der Waals surface area (Å²) in [6.45, 7) is 5.54. The molecule has 0 atom stereocenters. The van der Waals surface area contributed by atoms with Crippen LogP contribution < -0.4 is 20.5 Å². The second kappa shape index (κ2) is 8.36. The lowest BCUT2D eigenvalue weighted by Gasteiger charge is -2.12. The lowest BCUT2D eigenvalue weighted by molar-refractivity contribution is -0.119. The van der Waals surface area contributed by atoms with Gasteiger partial charge in [-0.3, -0.25) is 4.79 Å². The van der Waals surface area contributed by atoms with Gasteiger partial charge in [0.25, 0.3) is 5.91 Å². The Kier molecular flexibility index (Phi) is 6.21. The molecule has 0 aliphatic carbocycles. The van der Waals surface area contributed by atoms with Crippen LogP contribution in [0.1, 0.15) is 22.3 Å². The van der Waals surface area contributed by atoms with E-state index in [0.29, 0.717) is 18.0 Å². The molecule has 2 aromatic carbocycles. The van der Waals surface area contributed by atoms with Crippen molar-refractivity contribution in [3.63, 3.8) is 0 Å². The largest absolute Gasteiger partial charge is 0.493 e. The van der Waals surface area contributed by atoms with Crippen LogP contribution in [0.25, 0.3) is 0 Å². The Morgan fingerprint density at radius 2 is 1.67 bits per heavy atom. The number of hydrogen-bond donors (Lipinski definition) is 2. The van der Waals surface area contributed by atoms with Gasteiger partial charge in [0, 0.05) is 13.1 Å². The molecular formula is C19H24N2O3. The summed E-state index contributed by atoms with van der Waals surface area (Å²) in [7, 11) is 1.57. The average molecular weight is 328 g/mol. The topological polar surface area (TPSA) is 73.6 Å². The van der Waals surface area contributed by atoms with E-state index in [1.807, 2.05) is 12.1 Å². The molecule has 0 aromatic heterocycles. The number of rotatable bonds is 8. The third-order valence-corrected chi connectivity index (χ3v) is 3.54. The Morgan fingerprint density at radius 3 is 2.29 bits per heavy atom. The molecule has 24 heavy (non-hydrogen) atoms. The van der Waals surface area contributed by atoms with Gasteiger partial charge >= 0.3 is 0 Å². The molecule has 2 rings (SSSR count). The lowest BCUT2D eigenvalue weighted by atomic mass is 10.1. The van der Waals surface area contributed by atoms with E-state index in [1.54, 1.807) is 13.2 Å². The fraction of sp³-hybridized carbons (Fsp3) is 0.316. The van der Waals surface area contributed by atoms with Crippen LogP contribution in [-0.4, -0.2) is 19.6 Å². The van der Waals surface area contributed by atoms with Gasteiger partial charge in [-0.1, -0.05) is 35.4 Å². The summed E-state index contributed by atoms with van der Waals surface area (Å²) >= 11 is 0. The second-order valence-corrected chi connectivity index (χ2v) is 5.84. The lowest BCUT2D eigenvalue weighted by Crippen LogP contribution is -2.20. The zero-order valence-electron chi connectivity index (χ0n) is 14.4. The molecule has 0 spiro atoms. The van der Waals surface area contributed by atoms with E-state index in [9.17, 15) is 4.79 Å². The first-order valence-electron chi connectivity index (χ1n) is 7.84. The number of amides is 1. The number of hydrogen-bond acceptors (Lipinski definition) is 4. The van der Waals surface area contributed by atoms with Crippen LogP contribution in [0.4, 0.5) is 0 Å². The van der Waals surface area contributed by atoms with E-state index >= 15 is 0 Å². The van der Waals surface area contributed by atoms with Gasteiger partial charge in [-0.15, -0.1) is 0 Å². The van der Waals surface area contributed by atoms with E-state index in [-0.39, 0.29) is 6.61 Å². The van der Waals surface area contributed by atoms with Crippen LogP contribution in [-0.2, 0) is 17.9 Å². The summed E-state index contributed by atoms with van der Waals surface area (Å²) in [6, 6.07) is 12.1. The molecule has 0 heterocycles. The molecule has 0 aliphatic heterocycles. The van der Waals surface area contributed by atoms with E-state index < -0.39 is 5.91 Å². The van der Waals surface area contributed by atoms with Crippen LogP contribution in [0, 0.1) is 13.8 Å². The van der Waals surface area contributed by atoms with Crippen LogP contribution >= 0.6 is 0 Å². The Labute approximate surface area is 142 Å². The Hall–Kier alpha value is -2.53. The highest BCUT2D eigenvalue weighted by Gasteiger charge is 2.07. The zero-order valence-corrected chi connectivity index (χ0v) is 14.4. The van der Waals surface area contributed by atoms with Crippen molar-refractivity contribution < 1.29 is 14.3 Å². The molecule has 0 fully saturated rings. The number of nitrogens with two attached hydrogens (primary N) is 1. The third-order valence-electron chi connectivity index (χ3n) is 3.54. The Balaban J connectivity index is 1.96. The van der Waals surface area contributed by atoms with Gasteiger partial charge in [-0.25, -0.2) is 0 Å². The number of primary amides is 1. The summed E-state index contributed by atoms with van der Waals surface area (Å²) in [5, 5.41) is 3.42. The molecule has 2 aromatic rings. The summed E-state index contributed by atoms with van der Waals surface area (Å²) in [6.07, 6.45) is 0. The highest BCUT2D eigenvalue weighted by atomic mass is 16.5. The predicted octanol–water partition coefficient (Wildman–Crippen LogP) is 2.47. The molecule has 0 unspecified atom stereocenters. The number of aryl methyl sites for hydroxylation is 2. The van der Waals surface area contributed by atoms with E-state index in [2.05, 4.69) is 37.4 Å². The molecule has 0 bridgehead atoms. The average Bonchev–Trinajstić information content (AvgIpc) is 2.52. The maximum Gasteiger partial charge on any atom is 0.255 e. The number of carbonyl (C=O) groups excluding carboxylic acids is 1. The molecule has 0 aliphatic rings. The zero-order chi connectivity index (χ0) is 17.5. The minimum atomic E-state index is -0.517. The normalized spacial score (nSPS) is 10.5. The minimum absolute atomic E-state index is 0.166. The van der Waals surface area contributed by atoms with E-state index in [0.717, 1.165) is 12.1 Å². The van der Waals surface area contributed by atoms with Crippen molar-refractivity contribution in [1.82, 2.24) is 5.32 Å². The maximum absolute atomic E-state index is 10.8. The van der Waals surface area contributed by atoms with Gasteiger partial charge in [0.15, 0.2) is 18.1 Å². The molecule has 0 saturated heterocycles. The number of ether oxygens (including phenoxy) is 2. The number of carbonyl (C=O) groups is 1. The number of nitrogens with one attached hydrogen (secondary N) is 1. The van der Waals surface area contributed by atoms with Gasteiger partial charge in [0.05, 0.1) is 7.11 Å². The highest BCUT2D eigenvalue weighted by Crippen LogP contribution is 2.28. The smallest absolute Gasteiger partial charge is 0.255 e. The summed E-state index contributed by atoms with van der Waals surface area (Å²) in [5.74, 6) is 0.576. The molecule has 0 saturated carbocycles. The monoisotopic (exact) mass is 328 g/mol. The first kappa shape index (κ1) is 17.8. The SMILES string of the molecule is COc1cc(CNCc2cc(C)cc(C)c2)ccc1OCC(N)=O. The highest BCUT2D eigenvalue weighted by molar-refractivity contribution is 5.75. The predicted molar refractivity (Wildman–Crippen MR) is 94.1 cm³/mol. The van der Waals surface area contributed by atoms with Crippen LogP contribution in [0.2, 0.25) is 0 Å². The van der Waals surface area contributed by atoms with Crippen molar-refractivity contribution in [3.05, 3.63) is 58.7 Å². The third kappa shape index (κ3) is 5.28. The van der Waals surface area contributed by atoms with Gasteiger partial charge in [0.2, 0.25) is 0 Å². The molecule has 5 heteroatoms. The molecule has 5 nitrogen and oxygen atoms in total. The molecule has 3 N–H and O–H groups in total. The van der Waals surface area contributed by atoms with Gasteiger partial charge in [0.1, 0.15) is 0 Å². The van der Waals surface area contributed by atoms with E-state index in [4.69, 9.17) is 15.2 Å². The summed E-state index contributed by atoms with van der Waals surface area (Å²) in [4.78, 5) is 10.8. The van der Waals surface area contributed by atoms with E-state index in [1.165, 1.54) is 16.7 Å². The van der Waals surface area contributed by atoms with Gasteiger partial charge < -0.3 is 20.5 Å². The number of methoxy groups -OCH3 is 1. The summed E-state index contributed by atoms with van der Waals surface area (Å²) < 4.78 is 10.6. The quantitative estimate of drug-likeness (QED) is 0.781. The second-order valence-electron chi connectivity index (χ2n) is 5.84. The van der Waals surface area contributed by atoms with Crippen LogP contribution in [0.15, 0.2) is 36.4 Å². The van der Waals surface area contributed by atoms with Crippen molar-refractivity contribution in [2.45, 2.75) is 26.9 Å². The molecule has 1 amide bonds. The summed E-state index contributed by atoms with van der Waals surface area (Å²) in [5.41, 5.74) is 9.96. The fourth-order valence-corrected chi connectivity index (χ4v) is 2.61. The first-order chi connectivity index (χ1) is 11.5. The van der Waals surface area contributed by atoms with Gasteiger partial charge in [-0.2, -0.15) is 0 Å². The van der Waals surface area contributed by atoms with Crippen molar-refractivity contribution in [1.29, 1.82) is 0 Å². The standard InChI is InChI=1S/C19H24N2O3/c1-13-6-14(2)8-16(7-13)11-21-10-15-4-5-17(18(9-15)23-3)24-12-19(20)22/h4-9,21H,10-12H2,1-3H3,(H2,20,22). The first-order valence-corrected chi connectivity index (χ1v) is 7.84. The Morgan fingerprint density at radius 1 is 1.00 bits per heavy atom. The van der Waals surface area contributed by atoms with Crippen molar-refractivity contribution >= 4 is 5.91 Å². The fourth-order valence-electron chi connectivity index (χ4n) is 2.61. The van der Waals surface area contributed by atoms with Crippen molar-refractivity contribution in [3.8, 4) is 11.5 Å². The van der Waals surface area contributed by atoms with Gasteiger partial charge in [-0.05, 0) is 37.1 Å².